The Morgan fingerprint density at radius 1 is 1.06 bits per heavy atom. The molecule has 0 spiro atoms. The standard InChI is InChI=1S/C22H20ClN5O3.ClH/c23-17-8-15(18-3-1-2-6-27-18)7-16(9-17)22(30)28-11-14-5-4-13(21(25)26)10-19(14)31-12-20(24)29;/h1-10H,11-12H2,(H2,24,29)(H3,25,26)(H,28,30);1H. The summed E-state index contributed by atoms with van der Waals surface area (Å²) >= 11 is 6.20. The van der Waals surface area contributed by atoms with E-state index in [1.807, 2.05) is 12.1 Å². The Labute approximate surface area is 195 Å². The number of pyridine rings is 1. The summed E-state index contributed by atoms with van der Waals surface area (Å²) in [5.74, 6) is -0.854. The van der Waals surface area contributed by atoms with Crippen LogP contribution in [0.2, 0.25) is 5.02 Å². The third-order valence-electron chi connectivity index (χ3n) is 4.31. The zero-order valence-corrected chi connectivity index (χ0v) is 18.4. The van der Waals surface area contributed by atoms with Gasteiger partial charge in [-0.05, 0) is 36.4 Å². The summed E-state index contributed by atoms with van der Waals surface area (Å²) < 4.78 is 5.42. The minimum absolute atomic E-state index is 0. The lowest BCUT2D eigenvalue weighted by Gasteiger charge is -2.13. The van der Waals surface area contributed by atoms with E-state index < -0.39 is 5.91 Å². The first-order valence-electron chi connectivity index (χ1n) is 9.22. The van der Waals surface area contributed by atoms with Gasteiger partial charge < -0.3 is 21.5 Å². The number of amidine groups is 1. The van der Waals surface area contributed by atoms with Gasteiger partial charge in [-0.1, -0.05) is 29.8 Å². The van der Waals surface area contributed by atoms with Gasteiger partial charge >= 0.3 is 0 Å². The molecule has 3 rings (SSSR count). The van der Waals surface area contributed by atoms with Crippen LogP contribution in [0.1, 0.15) is 21.5 Å². The van der Waals surface area contributed by atoms with Gasteiger partial charge in [-0.3, -0.25) is 20.0 Å². The predicted molar refractivity (Wildman–Crippen MR) is 125 cm³/mol. The number of nitrogens with one attached hydrogen (secondary N) is 2. The highest BCUT2D eigenvalue weighted by molar-refractivity contribution is 6.31. The van der Waals surface area contributed by atoms with Crippen molar-refractivity contribution < 1.29 is 14.3 Å². The maximum Gasteiger partial charge on any atom is 0.255 e. The van der Waals surface area contributed by atoms with E-state index in [1.54, 1.807) is 42.6 Å². The molecule has 32 heavy (non-hydrogen) atoms. The highest BCUT2D eigenvalue weighted by Gasteiger charge is 2.13. The number of halogens is 2. The first-order chi connectivity index (χ1) is 14.8. The first kappa shape index (κ1) is 24.6. The lowest BCUT2D eigenvalue weighted by atomic mass is 10.1. The van der Waals surface area contributed by atoms with E-state index in [-0.39, 0.29) is 37.3 Å². The fourth-order valence-corrected chi connectivity index (χ4v) is 3.07. The molecule has 0 aliphatic rings. The molecule has 0 unspecified atom stereocenters. The van der Waals surface area contributed by atoms with Gasteiger partial charge in [0.05, 0.1) is 5.69 Å². The number of nitrogens with two attached hydrogens (primary N) is 2. The number of carbonyl (C=O) groups is 2. The van der Waals surface area contributed by atoms with Crippen LogP contribution < -0.4 is 21.5 Å². The van der Waals surface area contributed by atoms with Crippen molar-refractivity contribution >= 4 is 41.7 Å². The van der Waals surface area contributed by atoms with Crippen LogP contribution in [0.5, 0.6) is 5.75 Å². The second-order valence-corrected chi connectivity index (χ2v) is 7.05. The predicted octanol–water partition coefficient (Wildman–Crippen LogP) is 2.90. The molecule has 0 atom stereocenters. The van der Waals surface area contributed by atoms with E-state index in [9.17, 15) is 9.59 Å². The summed E-state index contributed by atoms with van der Waals surface area (Å²) in [5, 5.41) is 10.8. The number of hydrogen-bond acceptors (Lipinski definition) is 5. The van der Waals surface area contributed by atoms with Crippen molar-refractivity contribution in [3.8, 4) is 17.0 Å². The van der Waals surface area contributed by atoms with Crippen molar-refractivity contribution in [2.24, 2.45) is 11.5 Å². The number of hydrogen-bond donors (Lipinski definition) is 4. The molecule has 2 aromatic carbocycles. The second-order valence-electron chi connectivity index (χ2n) is 6.62. The van der Waals surface area contributed by atoms with Crippen LogP contribution >= 0.6 is 24.0 Å². The smallest absolute Gasteiger partial charge is 0.255 e. The zero-order chi connectivity index (χ0) is 22.4. The minimum atomic E-state index is -0.649. The Balaban J connectivity index is 0.00000363. The van der Waals surface area contributed by atoms with Crippen LogP contribution in [-0.2, 0) is 11.3 Å². The number of benzene rings is 2. The average molecular weight is 474 g/mol. The first-order valence-corrected chi connectivity index (χ1v) is 9.60. The quantitative estimate of drug-likeness (QED) is 0.293. The van der Waals surface area contributed by atoms with Gasteiger partial charge in [-0.2, -0.15) is 0 Å². The monoisotopic (exact) mass is 473 g/mol. The fraction of sp³-hybridized carbons (Fsp3) is 0.0909. The zero-order valence-electron chi connectivity index (χ0n) is 16.8. The van der Waals surface area contributed by atoms with E-state index in [0.29, 0.717) is 33.2 Å². The Hall–Kier alpha value is -3.62. The normalized spacial score (nSPS) is 10.0. The summed E-state index contributed by atoms with van der Waals surface area (Å²) in [6, 6.07) is 15.3. The van der Waals surface area contributed by atoms with Crippen LogP contribution in [0.3, 0.4) is 0 Å². The molecule has 2 amide bonds. The average Bonchev–Trinajstić information content (AvgIpc) is 2.76. The molecule has 0 aliphatic heterocycles. The Morgan fingerprint density at radius 3 is 2.50 bits per heavy atom. The van der Waals surface area contributed by atoms with Crippen molar-refractivity contribution in [2.45, 2.75) is 6.54 Å². The molecule has 10 heteroatoms. The summed E-state index contributed by atoms with van der Waals surface area (Å²) in [6.45, 7) is -0.236. The Morgan fingerprint density at radius 2 is 1.84 bits per heavy atom. The molecule has 3 aromatic rings. The molecule has 0 fully saturated rings. The largest absolute Gasteiger partial charge is 0.483 e. The summed E-state index contributed by atoms with van der Waals surface area (Å²) in [6.07, 6.45) is 1.66. The van der Waals surface area contributed by atoms with Crippen LogP contribution in [0.25, 0.3) is 11.3 Å². The molecular formula is C22H21Cl2N5O3. The molecule has 1 aromatic heterocycles. The Kier molecular flexibility index (Phi) is 8.57. The number of nitrogens with zero attached hydrogens (tertiary/aromatic N) is 1. The van der Waals surface area contributed by atoms with Gasteiger partial charge in [0, 0.05) is 40.0 Å². The van der Waals surface area contributed by atoms with Gasteiger partial charge in [-0.15, -0.1) is 12.4 Å². The van der Waals surface area contributed by atoms with Crippen molar-refractivity contribution in [3.63, 3.8) is 0 Å². The van der Waals surface area contributed by atoms with Crippen molar-refractivity contribution in [1.82, 2.24) is 10.3 Å². The number of nitrogen functional groups attached to an aromatic ring is 1. The molecule has 6 N–H and O–H groups in total. The van der Waals surface area contributed by atoms with E-state index in [1.165, 1.54) is 6.07 Å². The number of ether oxygens (including phenoxy) is 1. The summed E-state index contributed by atoms with van der Waals surface area (Å²) in [7, 11) is 0. The minimum Gasteiger partial charge on any atom is -0.483 e. The van der Waals surface area contributed by atoms with Crippen molar-refractivity contribution in [3.05, 3.63) is 82.5 Å². The third-order valence-corrected chi connectivity index (χ3v) is 4.53. The number of amides is 2. The van der Waals surface area contributed by atoms with E-state index in [0.717, 1.165) is 5.56 Å². The van der Waals surface area contributed by atoms with Crippen LogP contribution in [0, 0.1) is 5.41 Å². The lowest BCUT2D eigenvalue weighted by molar-refractivity contribution is -0.119. The number of carbonyl (C=O) groups excluding carboxylic acids is 2. The molecule has 0 aliphatic carbocycles. The van der Waals surface area contributed by atoms with Crippen molar-refractivity contribution in [1.29, 1.82) is 5.41 Å². The molecule has 1 heterocycles. The maximum absolute atomic E-state index is 12.7. The van der Waals surface area contributed by atoms with Gasteiger partial charge in [0.25, 0.3) is 11.8 Å². The Bertz CT molecular complexity index is 1140. The fourth-order valence-electron chi connectivity index (χ4n) is 2.83. The maximum atomic E-state index is 12.7. The molecular weight excluding hydrogens is 453 g/mol. The molecule has 0 radical (unpaired) electrons. The molecule has 8 nitrogen and oxygen atoms in total. The van der Waals surface area contributed by atoms with E-state index in [4.69, 9.17) is 33.2 Å². The highest BCUT2D eigenvalue weighted by atomic mass is 35.5. The summed E-state index contributed by atoms with van der Waals surface area (Å²) in [5.41, 5.74) is 13.4. The number of rotatable bonds is 8. The van der Waals surface area contributed by atoms with Gasteiger partial charge in [-0.25, -0.2) is 0 Å². The van der Waals surface area contributed by atoms with E-state index in [2.05, 4.69) is 10.3 Å². The number of aromatic nitrogens is 1. The van der Waals surface area contributed by atoms with Crippen molar-refractivity contribution in [2.75, 3.05) is 6.61 Å². The van der Waals surface area contributed by atoms with E-state index >= 15 is 0 Å². The van der Waals surface area contributed by atoms with Gasteiger partial charge in [0.2, 0.25) is 0 Å². The molecule has 166 valence electrons. The van der Waals surface area contributed by atoms with Gasteiger partial charge in [0.15, 0.2) is 6.61 Å². The SMILES string of the molecule is Cl.N=C(N)c1ccc(CNC(=O)c2cc(Cl)cc(-c3ccccn3)c2)c(OCC(N)=O)c1. The highest BCUT2D eigenvalue weighted by Crippen LogP contribution is 2.24. The number of primary amides is 1. The second kappa shape index (κ2) is 11.1. The molecule has 0 saturated carbocycles. The van der Waals surface area contributed by atoms with Crippen LogP contribution in [-0.4, -0.2) is 29.2 Å². The molecule has 0 bridgehead atoms. The van der Waals surface area contributed by atoms with Crippen LogP contribution in [0.15, 0.2) is 60.8 Å². The van der Waals surface area contributed by atoms with Gasteiger partial charge in [0.1, 0.15) is 11.6 Å². The third kappa shape index (κ3) is 6.44. The topological polar surface area (TPSA) is 144 Å². The summed E-state index contributed by atoms with van der Waals surface area (Å²) in [4.78, 5) is 28.1. The molecule has 0 saturated heterocycles. The lowest BCUT2D eigenvalue weighted by Crippen LogP contribution is -2.24. The van der Waals surface area contributed by atoms with Crippen LogP contribution in [0.4, 0.5) is 0 Å².